The number of ether oxygens (including phenoxy) is 1. The van der Waals surface area contributed by atoms with Crippen LogP contribution in [-0.4, -0.2) is 18.5 Å². The second-order valence-electron chi connectivity index (χ2n) is 6.00. The molecule has 22 heavy (non-hydrogen) atoms. The Morgan fingerprint density at radius 1 is 1.18 bits per heavy atom. The minimum absolute atomic E-state index is 0.0831. The highest BCUT2D eigenvalue weighted by Gasteiger charge is 2.16. The Kier molecular flexibility index (Phi) is 9.68. The van der Waals surface area contributed by atoms with Gasteiger partial charge in [0.15, 0.2) is 5.78 Å². The molecule has 0 aliphatic carbocycles. The van der Waals surface area contributed by atoms with Gasteiger partial charge in [-0.15, -0.1) is 0 Å². The van der Waals surface area contributed by atoms with E-state index in [9.17, 15) is 4.79 Å². The SMILES string of the molecule is C=C(C)C/C(C)=C(C)/C=C(C)/C(=C/C)CC(OCC)C(C)=O. The number of rotatable bonds is 9. The number of allylic oxidation sites excluding steroid dienone is 6. The number of hydrogen-bond acceptors (Lipinski definition) is 2. The van der Waals surface area contributed by atoms with Crippen LogP contribution in [-0.2, 0) is 9.53 Å². The summed E-state index contributed by atoms with van der Waals surface area (Å²) in [6.07, 6.45) is 5.48. The van der Waals surface area contributed by atoms with Gasteiger partial charge in [0, 0.05) is 13.0 Å². The van der Waals surface area contributed by atoms with E-state index in [1.807, 2.05) is 20.8 Å². The molecule has 0 bridgehead atoms. The predicted molar refractivity (Wildman–Crippen MR) is 96.0 cm³/mol. The van der Waals surface area contributed by atoms with Crippen LogP contribution in [0, 0.1) is 0 Å². The van der Waals surface area contributed by atoms with E-state index in [4.69, 9.17) is 4.74 Å². The van der Waals surface area contributed by atoms with Crippen molar-refractivity contribution < 1.29 is 9.53 Å². The first-order valence-electron chi connectivity index (χ1n) is 7.99. The van der Waals surface area contributed by atoms with Crippen molar-refractivity contribution in [3.63, 3.8) is 0 Å². The fourth-order valence-corrected chi connectivity index (χ4v) is 2.36. The minimum atomic E-state index is -0.347. The molecule has 0 spiro atoms. The molecule has 0 aromatic rings. The molecular formula is C20H32O2. The number of carbonyl (C=O) groups is 1. The van der Waals surface area contributed by atoms with Gasteiger partial charge in [-0.1, -0.05) is 35.5 Å². The van der Waals surface area contributed by atoms with E-state index >= 15 is 0 Å². The molecule has 0 N–H and O–H groups in total. The van der Waals surface area contributed by atoms with Crippen LogP contribution in [0.15, 0.2) is 46.6 Å². The van der Waals surface area contributed by atoms with Gasteiger partial charge in [0.1, 0.15) is 6.10 Å². The maximum absolute atomic E-state index is 11.7. The summed E-state index contributed by atoms with van der Waals surface area (Å²) in [5.74, 6) is 0.0831. The summed E-state index contributed by atoms with van der Waals surface area (Å²) in [7, 11) is 0. The van der Waals surface area contributed by atoms with Crippen molar-refractivity contribution in [1.29, 1.82) is 0 Å². The van der Waals surface area contributed by atoms with Crippen LogP contribution >= 0.6 is 0 Å². The summed E-state index contributed by atoms with van der Waals surface area (Å²) < 4.78 is 5.55. The molecular weight excluding hydrogens is 272 g/mol. The molecule has 0 amide bonds. The molecule has 1 atom stereocenters. The predicted octanol–water partition coefficient (Wildman–Crippen LogP) is 5.57. The lowest BCUT2D eigenvalue weighted by Gasteiger charge is -2.17. The first-order chi connectivity index (χ1) is 10.2. The van der Waals surface area contributed by atoms with Gasteiger partial charge in [0.25, 0.3) is 0 Å². The quantitative estimate of drug-likeness (QED) is 0.411. The minimum Gasteiger partial charge on any atom is -0.370 e. The van der Waals surface area contributed by atoms with Crippen molar-refractivity contribution in [1.82, 2.24) is 0 Å². The molecule has 0 saturated heterocycles. The molecule has 0 aliphatic rings. The molecule has 0 heterocycles. The summed E-state index contributed by atoms with van der Waals surface area (Å²) in [6, 6.07) is 0. The summed E-state index contributed by atoms with van der Waals surface area (Å²) in [5, 5.41) is 0. The second-order valence-corrected chi connectivity index (χ2v) is 6.00. The van der Waals surface area contributed by atoms with Gasteiger partial charge in [-0.05, 0) is 66.0 Å². The van der Waals surface area contributed by atoms with Crippen molar-refractivity contribution in [2.75, 3.05) is 6.61 Å². The standard InChI is InChI=1S/C20H32O2/c1-9-19(13-20(18(8)21)22-10-2)17(7)12-16(6)15(5)11-14(3)4/h9,12,20H,3,10-11,13H2,1-2,4-8H3/b16-15+,17-12+,19-9+. The average molecular weight is 304 g/mol. The first-order valence-corrected chi connectivity index (χ1v) is 7.99. The van der Waals surface area contributed by atoms with E-state index in [-0.39, 0.29) is 11.9 Å². The number of carbonyl (C=O) groups excluding carboxylic acids is 1. The van der Waals surface area contributed by atoms with Gasteiger partial charge in [-0.25, -0.2) is 0 Å². The molecule has 0 aromatic carbocycles. The lowest BCUT2D eigenvalue weighted by Crippen LogP contribution is -2.22. The Morgan fingerprint density at radius 2 is 1.77 bits per heavy atom. The Morgan fingerprint density at radius 3 is 2.18 bits per heavy atom. The van der Waals surface area contributed by atoms with Crippen LogP contribution in [0.25, 0.3) is 0 Å². The van der Waals surface area contributed by atoms with Gasteiger partial charge in [0.05, 0.1) is 0 Å². The van der Waals surface area contributed by atoms with Gasteiger partial charge in [-0.3, -0.25) is 4.79 Å². The van der Waals surface area contributed by atoms with E-state index in [1.54, 1.807) is 6.92 Å². The zero-order valence-corrected chi connectivity index (χ0v) is 15.4. The van der Waals surface area contributed by atoms with E-state index < -0.39 is 0 Å². The summed E-state index contributed by atoms with van der Waals surface area (Å²) in [6.45, 7) is 18.4. The van der Waals surface area contributed by atoms with Gasteiger partial charge >= 0.3 is 0 Å². The zero-order chi connectivity index (χ0) is 17.3. The molecule has 1 unspecified atom stereocenters. The Hall–Kier alpha value is -1.41. The lowest BCUT2D eigenvalue weighted by molar-refractivity contribution is -0.127. The third kappa shape index (κ3) is 7.56. The summed E-state index contributed by atoms with van der Waals surface area (Å²) in [4.78, 5) is 11.7. The van der Waals surface area contributed by atoms with Crippen LogP contribution in [0.4, 0.5) is 0 Å². The molecule has 0 rings (SSSR count). The lowest BCUT2D eigenvalue weighted by atomic mass is 9.95. The summed E-state index contributed by atoms with van der Waals surface area (Å²) in [5.41, 5.74) is 6.11. The maximum atomic E-state index is 11.7. The highest BCUT2D eigenvalue weighted by molar-refractivity contribution is 5.80. The fraction of sp³-hybridized carbons (Fsp3) is 0.550. The van der Waals surface area contributed by atoms with Gasteiger partial charge < -0.3 is 4.74 Å². The molecule has 0 radical (unpaired) electrons. The number of hydrogen-bond donors (Lipinski definition) is 0. The molecule has 0 aliphatic heterocycles. The third-order valence-corrected chi connectivity index (χ3v) is 3.75. The monoisotopic (exact) mass is 304 g/mol. The van der Waals surface area contributed by atoms with Crippen molar-refractivity contribution >= 4 is 5.78 Å². The Bertz CT molecular complexity index is 490. The highest BCUT2D eigenvalue weighted by atomic mass is 16.5. The van der Waals surface area contributed by atoms with Crippen LogP contribution in [0.1, 0.15) is 61.3 Å². The largest absolute Gasteiger partial charge is 0.370 e. The van der Waals surface area contributed by atoms with Crippen molar-refractivity contribution in [2.45, 2.75) is 67.4 Å². The van der Waals surface area contributed by atoms with E-state index in [1.165, 1.54) is 22.3 Å². The fourth-order valence-electron chi connectivity index (χ4n) is 2.36. The third-order valence-electron chi connectivity index (χ3n) is 3.75. The Balaban J connectivity index is 5.20. The smallest absolute Gasteiger partial charge is 0.158 e. The molecule has 0 aromatic heterocycles. The highest BCUT2D eigenvalue weighted by Crippen LogP contribution is 2.22. The average Bonchev–Trinajstić information content (AvgIpc) is 2.41. The van der Waals surface area contributed by atoms with Crippen molar-refractivity contribution in [3.05, 3.63) is 46.6 Å². The molecule has 2 heteroatoms. The molecule has 0 saturated carbocycles. The summed E-state index contributed by atoms with van der Waals surface area (Å²) >= 11 is 0. The van der Waals surface area contributed by atoms with E-state index in [2.05, 4.69) is 39.5 Å². The number of Topliss-reactive ketones (excluding diaryl/α,β-unsaturated/α-hetero) is 1. The van der Waals surface area contributed by atoms with Gasteiger partial charge in [0.2, 0.25) is 0 Å². The van der Waals surface area contributed by atoms with Crippen LogP contribution < -0.4 is 0 Å². The van der Waals surface area contributed by atoms with Crippen molar-refractivity contribution in [2.24, 2.45) is 0 Å². The van der Waals surface area contributed by atoms with Crippen LogP contribution in [0.5, 0.6) is 0 Å². The second kappa shape index (κ2) is 10.3. The normalized spacial score (nSPS) is 15.4. The topological polar surface area (TPSA) is 26.3 Å². The molecule has 124 valence electrons. The van der Waals surface area contributed by atoms with E-state index in [0.717, 1.165) is 12.0 Å². The molecule has 0 fully saturated rings. The van der Waals surface area contributed by atoms with Gasteiger partial charge in [-0.2, -0.15) is 0 Å². The maximum Gasteiger partial charge on any atom is 0.158 e. The van der Waals surface area contributed by atoms with Crippen LogP contribution in [0.2, 0.25) is 0 Å². The van der Waals surface area contributed by atoms with E-state index in [0.29, 0.717) is 13.0 Å². The Labute approximate surface area is 136 Å². The van der Waals surface area contributed by atoms with Crippen molar-refractivity contribution in [3.8, 4) is 0 Å². The molecule has 2 nitrogen and oxygen atoms in total. The number of ketones is 1. The first kappa shape index (κ1) is 20.6. The zero-order valence-electron chi connectivity index (χ0n) is 15.4. The van der Waals surface area contributed by atoms with Crippen LogP contribution in [0.3, 0.4) is 0 Å².